The standard InChI is InChI=1S/C7H13N/c8-4-6-3-7(6)5-1-2-5/h5-7H,1-4,8H2/t6-,7-/m0/s1. The van der Waals surface area contributed by atoms with Crippen LogP contribution in [0.5, 0.6) is 0 Å². The minimum Gasteiger partial charge on any atom is -0.330 e. The maximum Gasteiger partial charge on any atom is -0.00460 e. The van der Waals surface area contributed by atoms with Gasteiger partial charge in [-0.3, -0.25) is 0 Å². The Bertz CT molecular complexity index is 96.6. The van der Waals surface area contributed by atoms with Crippen molar-refractivity contribution >= 4 is 0 Å². The lowest BCUT2D eigenvalue weighted by Crippen LogP contribution is -2.02. The molecule has 8 heavy (non-hydrogen) atoms. The first-order valence-corrected chi connectivity index (χ1v) is 3.62. The lowest BCUT2D eigenvalue weighted by Gasteiger charge is -1.88. The van der Waals surface area contributed by atoms with Crippen molar-refractivity contribution in [3.63, 3.8) is 0 Å². The first-order valence-electron chi connectivity index (χ1n) is 3.62. The Morgan fingerprint density at radius 2 is 2.12 bits per heavy atom. The fourth-order valence-corrected chi connectivity index (χ4v) is 1.64. The zero-order chi connectivity index (χ0) is 5.56. The quantitative estimate of drug-likeness (QED) is 0.565. The van der Waals surface area contributed by atoms with Crippen LogP contribution in [0, 0.1) is 17.8 Å². The SMILES string of the molecule is NC[C@@H]1C[C@H]1C1CC1. The zero-order valence-corrected chi connectivity index (χ0v) is 5.14. The van der Waals surface area contributed by atoms with Gasteiger partial charge in [0.15, 0.2) is 0 Å². The predicted molar refractivity (Wildman–Crippen MR) is 33.4 cm³/mol. The summed E-state index contributed by atoms with van der Waals surface area (Å²) < 4.78 is 0. The third kappa shape index (κ3) is 0.655. The summed E-state index contributed by atoms with van der Waals surface area (Å²) in [4.78, 5) is 0. The number of hydrogen-bond acceptors (Lipinski definition) is 1. The van der Waals surface area contributed by atoms with Gasteiger partial charge in [-0.2, -0.15) is 0 Å². The Morgan fingerprint density at radius 1 is 1.38 bits per heavy atom. The summed E-state index contributed by atoms with van der Waals surface area (Å²) in [5.74, 6) is 3.12. The van der Waals surface area contributed by atoms with E-state index in [9.17, 15) is 0 Å². The molecule has 0 amide bonds. The summed E-state index contributed by atoms with van der Waals surface area (Å²) in [6, 6.07) is 0. The summed E-state index contributed by atoms with van der Waals surface area (Å²) >= 11 is 0. The molecular weight excluding hydrogens is 98.1 g/mol. The van der Waals surface area contributed by atoms with Crippen LogP contribution in [0.2, 0.25) is 0 Å². The van der Waals surface area contributed by atoms with Crippen LogP contribution >= 0.6 is 0 Å². The van der Waals surface area contributed by atoms with Crippen LogP contribution in [0.25, 0.3) is 0 Å². The van der Waals surface area contributed by atoms with Gasteiger partial charge in [-0.05, 0) is 43.6 Å². The predicted octanol–water partition coefficient (Wildman–Crippen LogP) is 0.991. The van der Waals surface area contributed by atoms with E-state index in [1.807, 2.05) is 0 Å². The molecular formula is C7H13N. The van der Waals surface area contributed by atoms with Crippen molar-refractivity contribution in [2.75, 3.05) is 6.54 Å². The van der Waals surface area contributed by atoms with Crippen LogP contribution in [0.4, 0.5) is 0 Å². The van der Waals surface area contributed by atoms with Gasteiger partial charge in [-0.1, -0.05) is 0 Å². The van der Waals surface area contributed by atoms with Crippen LogP contribution in [0.3, 0.4) is 0 Å². The largest absolute Gasteiger partial charge is 0.330 e. The smallest absolute Gasteiger partial charge is 0.00460 e. The Morgan fingerprint density at radius 3 is 2.50 bits per heavy atom. The second kappa shape index (κ2) is 1.47. The second-order valence-electron chi connectivity index (χ2n) is 3.23. The number of rotatable bonds is 2. The fourth-order valence-electron chi connectivity index (χ4n) is 1.64. The summed E-state index contributed by atoms with van der Waals surface area (Å²) in [6.45, 7) is 0.946. The third-order valence-corrected chi connectivity index (χ3v) is 2.51. The molecule has 0 aromatic heterocycles. The first-order chi connectivity index (χ1) is 3.92. The third-order valence-electron chi connectivity index (χ3n) is 2.51. The number of hydrogen-bond donors (Lipinski definition) is 1. The van der Waals surface area contributed by atoms with E-state index in [1.54, 1.807) is 0 Å². The molecule has 0 heterocycles. The van der Waals surface area contributed by atoms with Gasteiger partial charge in [0.25, 0.3) is 0 Å². The van der Waals surface area contributed by atoms with Crippen molar-refractivity contribution < 1.29 is 0 Å². The highest BCUT2D eigenvalue weighted by Crippen LogP contribution is 2.53. The molecule has 46 valence electrons. The van der Waals surface area contributed by atoms with E-state index in [2.05, 4.69) is 0 Å². The van der Waals surface area contributed by atoms with Gasteiger partial charge in [0.1, 0.15) is 0 Å². The molecule has 0 aromatic carbocycles. The van der Waals surface area contributed by atoms with Gasteiger partial charge >= 0.3 is 0 Å². The molecule has 2 fully saturated rings. The molecule has 1 heteroatoms. The van der Waals surface area contributed by atoms with E-state index >= 15 is 0 Å². The highest BCUT2D eigenvalue weighted by molar-refractivity contribution is 4.96. The molecule has 0 bridgehead atoms. The van der Waals surface area contributed by atoms with Crippen molar-refractivity contribution in [3.8, 4) is 0 Å². The van der Waals surface area contributed by atoms with E-state index in [0.29, 0.717) is 0 Å². The number of nitrogens with two attached hydrogens (primary N) is 1. The molecule has 2 rings (SSSR count). The van der Waals surface area contributed by atoms with Crippen LogP contribution in [-0.4, -0.2) is 6.54 Å². The molecule has 1 nitrogen and oxygen atoms in total. The molecule has 0 radical (unpaired) electrons. The van der Waals surface area contributed by atoms with Gasteiger partial charge < -0.3 is 5.73 Å². The van der Waals surface area contributed by atoms with Crippen molar-refractivity contribution in [2.24, 2.45) is 23.5 Å². The summed E-state index contributed by atoms with van der Waals surface area (Å²) in [5.41, 5.74) is 5.49. The average molecular weight is 111 g/mol. The minimum atomic E-state index is 0.933. The summed E-state index contributed by atoms with van der Waals surface area (Å²) in [5, 5.41) is 0. The van der Waals surface area contributed by atoms with Gasteiger partial charge in [0.05, 0.1) is 0 Å². The molecule has 2 aliphatic rings. The van der Waals surface area contributed by atoms with Crippen LogP contribution in [0.1, 0.15) is 19.3 Å². The van der Waals surface area contributed by atoms with E-state index < -0.39 is 0 Å². The lowest BCUT2D eigenvalue weighted by atomic mass is 10.2. The maximum absolute atomic E-state index is 5.49. The Hall–Kier alpha value is -0.0400. The Labute approximate surface area is 50.3 Å². The van der Waals surface area contributed by atoms with Crippen molar-refractivity contribution in [3.05, 3.63) is 0 Å². The normalized spacial score (nSPS) is 44.6. The van der Waals surface area contributed by atoms with Crippen molar-refractivity contribution in [1.29, 1.82) is 0 Å². The second-order valence-corrected chi connectivity index (χ2v) is 3.23. The van der Waals surface area contributed by atoms with E-state index in [-0.39, 0.29) is 0 Å². The molecule has 0 saturated heterocycles. The Balaban J connectivity index is 1.79. The molecule has 0 unspecified atom stereocenters. The van der Waals surface area contributed by atoms with Crippen molar-refractivity contribution in [2.45, 2.75) is 19.3 Å². The van der Waals surface area contributed by atoms with E-state index in [4.69, 9.17) is 5.73 Å². The molecule has 2 N–H and O–H groups in total. The molecule has 0 aliphatic heterocycles. The highest BCUT2D eigenvalue weighted by Gasteiger charge is 2.46. The van der Waals surface area contributed by atoms with E-state index in [0.717, 1.165) is 24.3 Å². The van der Waals surface area contributed by atoms with Crippen LogP contribution < -0.4 is 5.73 Å². The molecule has 0 spiro atoms. The molecule has 0 aromatic rings. The van der Waals surface area contributed by atoms with Crippen LogP contribution in [-0.2, 0) is 0 Å². The topological polar surface area (TPSA) is 26.0 Å². The lowest BCUT2D eigenvalue weighted by molar-refractivity contribution is 0.633. The van der Waals surface area contributed by atoms with Gasteiger partial charge in [0, 0.05) is 0 Å². The average Bonchev–Trinajstić information content (AvgIpc) is 2.62. The van der Waals surface area contributed by atoms with Crippen LogP contribution in [0.15, 0.2) is 0 Å². The zero-order valence-electron chi connectivity index (χ0n) is 5.14. The van der Waals surface area contributed by atoms with Gasteiger partial charge in [-0.25, -0.2) is 0 Å². The van der Waals surface area contributed by atoms with Gasteiger partial charge in [0.2, 0.25) is 0 Å². The van der Waals surface area contributed by atoms with E-state index in [1.165, 1.54) is 19.3 Å². The van der Waals surface area contributed by atoms with Gasteiger partial charge in [-0.15, -0.1) is 0 Å². The monoisotopic (exact) mass is 111 g/mol. The van der Waals surface area contributed by atoms with Crippen molar-refractivity contribution in [1.82, 2.24) is 0 Å². The molecule has 2 saturated carbocycles. The molecule has 2 atom stereocenters. The highest BCUT2D eigenvalue weighted by atomic mass is 14.6. The maximum atomic E-state index is 5.49. The summed E-state index contributed by atoms with van der Waals surface area (Å²) in [6.07, 6.45) is 4.45. The Kier molecular flexibility index (Phi) is 0.884. The summed E-state index contributed by atoms with van der Waals surface area (Å²) in [7, 11) is 0. The minimum absolute atomic E-state index is 0.933. The first kappa shape index (κ1) is 4.80. The fraction of sp³-hybridized carbons (Fsp3) is 1.00. The molecule has 2 aliphatic carbocycles.